The van der Waals surface area contributed by atoms with E-state index in [1.165, 1.54) is 16.3 Å². The van der Waals surface area contributed by atoms with E-state index >= 15 is 0 Å². The van der Waals surface area contributed by atoms with Gasteiger partial charge in [0.2, 0.25) is 0 Å². The first-order valence-corrected chi connectivity index (χ1v) is 9.27. The molecule has 28 heavy (non-hydrogen) atoms. The molecule has 0 unspecified atom stereocenters. The van der Waals surface area contributed by atoms with Crippen LogP contribution < -0.4 is 0 Å². The lowest BCUT2D eigenvalue weighted by molar-refractivity contribution is 0.896. The van der Waals surface area contributed by atoms with E-state index in [-0.39, 0.29) is 0 Å². The Bertz CT molecular complexity index is 1440. The van der Waals surface area contributed by atoms with E-state index in [0.29, 0.717) is 0 Å². The van der Waals surface area contributed by atoms with Gasteiger partial charge in [-0.2, -0.15) is 5.10 Å². The summed E-state index contributed by atoms with van der Waals surface area (Å²) in [4.78, 5) is 4.32. The van der Waals surface area contributed by atoms with Crippen molar-refractivity contribution in [1.29, 1.82) is 0 Å². The molecule has 0 aliphatic rings. The van der Waals surface area contributed by atoms with Crippen LogP contribution in [0.1, 0.15) is 0 Å². The van der Waals surface area contributed by atoms with Crippen LogP contribution in [0.3, 0.4) is 0 Å². The number of aromatic nitrogens is 4. The van der Waals surface area contributed by atoms with E-state index in [1.54, 1.807) is 6.20 Å². The van der Waals surface area contributed by atoms with Gasteiger partial charge in [-0.05, 0) is 42.5 Å². The van der Waals surface area contributed by atoms with Crippen LogP contribution in [0, 0.1) is 0 Å². The Morgan fingerprint density at radius 2 is 1.50 bits per heavy atom. The fourth-order valence-electron chi connectivity index (χ4n) is 3.96. The monoisotopic (exact) mass is 360 g/mol. The van der Waals surface area contributed by atoms with Crippen LogP contribution >= 0.6 is 0 Å². The lowest BCUT2D eigenvalue weighted by atomic mass is 10.1. The molecular weight excluding hydrogens is 344 g/mol. The predicted molar refractivity (Wildman–Crippen MR) is 113 cm³/mol. The van der Waals surface area contributed by atoms with E-state index in [4.69, 9.17) is 5.10 Å². The van der Waals surface area contributed by atoms with Gasteiger partial charge in [0, 0.05) is 28.6 Å². The summed E-state index contributed by atoms with van der Waals surface area (Å²) < 4.78 is 4.21. The average molecular weight is 360 g/mol. The lowest BCUT2D eigenvalue weighted by Crippen LogP contribution is -1.94. The van der Waals surface area contributed by atoms with Gasteiger partial charge in [-0.3, -0.25) is 4.98 Å². The highest BCUT2D eigenvalue weighted by atomic mass is 15.3. The lowest BCUT2D eigenvalue weighted by Gasteiger charge is -2.06. The summed E-state index contributed by atoms with van der Waals surface area (Å²) in [7, 11) is 0. The van der Waals surface area contributed by atoms with Gasteiger partial charge in [-0.15, -0.1) is 0 Å². The summed E-state index contributed by atoms with van der Waals surface area (Å²) in [6.07, 6.45) is 5.80. The molecule has 0 spiro atoms. The number of rotatable bonds is 2. The van der Waals surface area contributed by atoms with E-state index in [2.05, 4.69) is 70.3 Å². The zero-order chi connectivity index (χ0) is 18.5. The van der Waals surface area contributed by atoms with Crippen molar-refractivity contribution < 1.29 is 0 Å². The van der Waals surface area contributed by atoms with Gasteiger partial charge in [0.05, 0.1) is 34.1 Å². The summed E-state index contributed by atoms with van der Waals surface area (Å²) in [5, 5.41) is 8.41. The first-order chi connectivity index (χ1) is 13.9. The van der Waals surface area contributed by atoms with Crippen LogP contribution in [0.25, 0.3) is 44.1 Å². The minimum absolute atomic E-state index is 0.976. The van der Waals surface area contributed by atoms with Crippen molar-refractivity contribution in [1.82, 2.24) is 19.3 Å². The maximum Gasteiger partial charge on any atom is 0.0949 e. The van der Waals surface area contributed by atoms with Crippen LogP contribution in [-0.2, 0) is 0 Å². The molecule has 4 heteroatoms. The standard InChI is InChI=1S/C24H16N4/c1-2-7-18(8-3-1)27-16-17-13-21-20-10-4-5-11-23(20)28(19-9-6-12-25-15-19)24(21)14-22(17)26-27/h1-16H. The third-order valence-electron chi connectivity index (χ3n) is 5.22. The summed E-state index contributed by atoms with van der Waals surface area (Å²) in [5.41, 5.74) is 5.40. The van der Waals surface area contributed by atoms with Crippen LogP contribution in [0.2, 0.25) is 0 Å². The Morgan fingerprint density at radius 1 is 0.679 bits per heavy atom. The third kappa shape index (κ3) is 2.18. The molecule has 0 atom stereocenters. The zero-order valence-electron chi connectivity index (χ0n) is 15.0. The van der Waals surface area contributed by atoms with Gasteiger partial charge in [0.25, 0.3) is 0 Å². The molecule has 3 aromatic heterocycles. The molecule has 0 amide bonds. The number of pyridine rings is 1. The molecule has 0 fully saturated rings. The van der Waals surface area contributed by atoms with Gasteiger partial charge in [-0.25, -0.2) is 4.68 Å². The first-order valence-electron chi connectivity index (χ1n) is 9.27. The number of para-hydroxylation sites is 2. The topological polar surface area (TPSA) is 35.6 Å². The molecule has 0 aliphatic carbocycles. The molecule has 0 aliphatic heterocycles. The van der Waals surface area contributed by atoms with Gasteiger partial charge >= 0.3 is 0 Å². The fraction of sp³-hybridized carbons (Fsp3) is 0. The highest BCUT2D eigenvalue weighted by molar-refractivity contribution is 6.13. The van der Waals surface area contributed by atoms with E-state index < -0.39 is 0 Å². The van der Waals surface area contributed by atoms with Gasteiger partial charge in [0.15, 0.2) is 0 Å². The Morgan fingerprint density at radius 3 is 2.36 bits per heavy atom. The van der Waals surface area contributed by atoms with Crippen LogP contribution in [-0.4, -0.2) is 19.3 Å². The first kappa shape index (κ1) is 15.2. The van der Waals surface area contributed by atoms with Crippen molar-refractivity contribution >= 4 is 32.7 Å². The molecular formula is C24H16N4. The van der Waals surface area contributed by atoms with Crippen molar-refractivity contribution in [2.75, 3.05) is 0 Å². The summed E-state index contributed by atoms with van der Waals surface area (Å²) in [5.74, 6) is 0. The molecule has 0 bridgehead atoms. The average Bonchev–Trinajstić information content (AvgIpc) is 3.32. The third-order valence-corrected chi connectivity index (χ3v) is 5.22. The molecule has 0 radical (unpaired) electrons. The molecule has 6 aromatic rings. The highest BCUT2D eigenvalue weighted by Gasteiger charge is 2.14. The fourth-order valence-corrected chi connectivity index (χ4v) is 3.96. The molecule has 6 rings (SSSR count). The van der Waals surface area contributed by atoms with E-state index in [0.717, 1.165) is 27.8 Å². The highest BCUT2D eigenvalue weighted by Crippen LogP contribution is 2.34. The largest absolute Gasteiger partial charge is 0.308 e. The molecule has 0 N–H and O–H groups in total. The molecule has 3 heterocycles. The maximum absolute atomic E-state index is 4.83. The zero-order valence-corrected chi connectivity index (χ0v) is 15.0. The van der Waals surface area contributed by atoms with Crippen molar-refractivity contribution in [3.63, 3.8) is 0 Å². The van der Waals surface area contributed by atoms with Crippen molar-refractivity contribution in [2.24, 2.45) is 0 Å². The maximum atomic E-state index is 4.83. The van der Waals surface area contributed by atoms with E-state index in [1.807, 2.05) is 35.1 Å². The Balaban J connectivity index is 1.70. The van der Waals surface area contributed by atoms with Crippen LogP contribution in [0.4, 0.5) is 0 Å². The number of fused-ring (bicyclic) bond motifs is 4. The molecule has 4 nitrogen and oxygen atoms in total. The quantitative estimate of drug-likeness (QED) is 0.408. The summed E-state index contributed by atoms with van der Waals surface area (Å²) >= 11 is 0. The smallest absolute Gasteiger partial charge is 0.0949 e. The van der Waals surface area contributed by atoms with E-state index in [9.17, 15) is 0 Å². The number of hydrogen-bond acceptors (Lipinski definition) is 2. The van der Waals surface area contributed by atoms with Crippen molar-refractivity contribution in [3.05, 3.63) is 97.5 Å². The SMILES string of the molecule is c1ccc(-n2cc3cc4c5ccccc5n(-c5cccnc5)c4cc3n2)cc1. The van der Waals surface area contributed by atoms with Crippen LogP contribution in [0.5, 0.6) is 0 Å². The Hall–Kier alpha value is -3.92. The summed E-state index contributed by atoms with van der Waals surface area (Å²) in [6.45, 7) is 0. The van der Waals surface area contributed by atoms with Crippen molar-refractivity contribution in [2.45, 2.75) is 0 Å². The molecule has 0 saturated heterocycles. The molecule has 3 aromatic carbocycles. The second-order valence-electron chi connectivity index (χ2n) is 6.90. The Kier molecular flexibility index (Phi) is 3.14. The summed E-state index contributed by atoms with van der Waals surface area (Å²) in [6, 6.07) is 27.2. The van der Waals surface area contributed by atoms with Gasteiger partial charge in [-0.1, -0.05) is 36.4 Å². The van der Waals surface area contributed by atoms with Gasteiger partial charge in [0.1, 0.15) is 0 Å². The number of benzene rings is 3. The second-order valence-corrected chi connectivity index (χ2v) is 6.90. The van der Waals surface area contributed by atoms with Crippen LogP contribution in [0.15, 0.2) is 97.5 Å². The molecule has 0 saturated carbocycles. The Labute approximate surface area is 161 Å². The molecule has 132 valence electrons. The minimum Gasteiger partial charge on any atom is -0.308 e. The predicted octanol–water partition coefficient (Wildman–Crippen LogP) is 5.52. The number of hydrogen-bond donors (Lipinski definition) is 0. The normalized spacial score (nSPS) is 11.6. The van der Waals surface area contributed by atoms with Gasteiger partial charge < -0.3 is 4.57 Å². The van der Waals surface area contributed by atoms with Crippen molar-refractivity contribution in [3.8, 4) is 11.4 Å². The minimum atomic E-state index is 0.976. The second kappa shape index (κ2) is 5.79. The number of nitrogens with zero attached hydrogens (tertiary/aromatic N) is 4.